The molecule has 190 valence electrons. The highest BCUT2D eigenvalue weighted by Gasteiger charge is 2.64. The zero-order valence-corrected chi connectivity index (χ0v) is 20.5. The van der Waals surface area contributed by atoms with Gasteiger partial charge in [-0.05, 0) is 70.5 Å². The maximum absolute atomic E-state index is 12.8. The summed E-state index contributed by atoms with van der Waals surface area (Å²) in [6.07, 6.45) is 4.00. The number of phenols is 1. The van der Waals surface area contributed by atoms with E-state index in [0.717, 1.165) is 25.1 Å². The van der Waals surface area contributed by atoms with Crippen LogP contribution in [0.1, 0.15) is 50.2 Å². The van der Waals surface area contributed by atoms with E-state index in [2.05, 4.69) is 10.2 Å². The lowest BCUT2D eigenvalue weighted by Crippen LogP contribution is -2.71. The van der Waals surface area contributed by atoms with Gasteiger partial charge in [-0.15, -0.1) is 0 Å². The topological polar surface area (TPSA) is 118 Å². The molecular formula is C26H34N2O7. The van der Waals surface area contributed by atoms with E-state index >= 15 is 0 Å². The number of allylic oxidation sites excluding steroid dienone is 1. The van der Waals surface area contributed by atoms with Crippen LogP contribution in [0.3, 0.4) is 0 Å². The van der Waals surface area contributed by atoms with Gasteiger partial charge in [0.2, 0.25) is 0 Å². The summed E-state index contributed by atoms with van der Waals surface area (Å²) in [4.78, 5) is 27.3. The van der Waals surface area contributed by atoms with Gasteiger partial charge < -0.3 is 34.6 Å². The Bertz CT molecular complexity index is 1070. The highest BCUT2D eigenvalue weighted by molar-refractivity contribution is 5.82. The molecule has 3 N–H and O–H groups in total. The van der Waals surface area contributed by atoms with Crippen molar-refractivity contribution in [3.05, 3.63) is 35.1 Å². The SMILES string of the molecule is COc1ccc2c(c1O)[C@]13CCN(C)[C@H](C2)[C@]1(O)CC=C(OC(=O)[C@H](C)OC(=O)[C@@H]1CCCN1)C3. The molecule has 0 spiro atoms. The van der Waals surface area contributed by atoms with E-state index in [1.54, 1.807) is 12.1 Å². The number of aromatic hydroxyl groups is 1. The molecule has 35 heavy (non-hydrogen) atoms. The first-order valence-electron chi connectivity index (χ1n) is 12.4. The third-order valence-corrected chi connectivity index (χ3v) is 8.46. The number of hydrogen-bond donors (Lipinski definition) is 3. The van der Waals surface area contributed by atoms with Crippen LogP contribution in [0.2, 0.25) is 0 Å². The molecule has 4 aliphatic rings. The zero-order chi connectivity index (χ0) is 25.0. The predicted octanol–water partition coefficient (Wildman–Crippen LogP) is 1.53. The molecular weight excluding hydrogens is 452 g/mol. The number of carbonyl (C=O) groups is 2. The molecule has 0 saturated carbocycles. The molecule has 9 heteroatoms. The van der Waals surface area contributed by atoms with Gasteiger partial charge in [0.05, 0.1) is 12.7 Å². The number of benzene rings is 1. The Hall–Kier alpha value is -2.62. The lowest BCUT2D eigenvalue weighted by molar-refractivity contribution is -0.168. The second-order valence-electron chi connectivity index (χ2n) is 10.3. The number of ether oxygens (including phenoxy) is 3. The van der Waals surface area contributed by atoms with Crippen LogP contribution in [0.25, 0.3) is 0 Å². The Morgan fingerprint density at radius 2 is 2.11 bits per heavy atom. The Balaban J connectivity index is 1.42. The number of aliphatic hydroxyl groups is 1. The van der Waals surface area contributed by atoms with Gasteiger partial charge in [-0.1, -0.05) is 6.07 Å². The fourth-order valence-corrected chi connectivity index (χ4v) is 6.56. The fraction of sp³-hybridized carbons (Fsp3) is 0.615. The van der Waals surface area contributed by atoms with Crippen molar-refractivity contribution in [2.75, 3.05) is 27.2 Å². The third kappa shape index (κ3) is 3.72. The second-order valence-corrected chi connectivity index (χ2v) is 10.3. The van der Waals surface area contributed by atoms with E-state index in [-0.39, 0.29) is 30.7 Å². The van der Waals surface area contributed by atoms with E-state index in [0.29, 0.717) is 36.3 Å². The van der Waals surface area contributed by atoms with E-state index in [1.807, 2.05) is 13.1 Å². The molecule has 0 radical (unpaired) electrons. The first kappa shape index (κ1) is 24.1. The lowest BCUT2D eigenvalue weighted by Gasteiger charge is -2.62. The molecule has 2 heterocycles. The molecule has 2 aliphatic carbocycles. The monoisotopic (exact) mass is 486 g/mol. The summed E-state index contributed by atoms with van der Waals surface area (Å²) in [6, 6.07) is 3.17. The van der Waals surface area contributed by atoms with Crippen LogP contribution in [0, 0.1) is 0 Å². The van der Waals surface area contributed by atoms with Crippen molar-refractivity contribution < 1.29 is 34.0 Å². The number of methoxy groups -OCH3 is 1. The number of esters is 2. The number of piperidine rings is 1. The fourth-order valence-electron chi connectivity index (χ4n) is 6.56. The molecule has 5 atom stereocenters. The maximum Gasteiger partial charge on any atom is 0.352 e. The van der Waals surface area contributed by atoms with E-state index in [4.69, 9.17) is 14.2 Å². The van der Waals surface area contributed by atoms with Crippen LogP contribution < -0.4 is 10.1 Å². The molecule has 2 saturated heterocycles. The molecule has 0 aromatic heterocycles. The Morgan fingerprint density at radius 3 is 2.83 bits per heavy atom. The van der Waals surface area contributed by atoms with Crippen molar-refractivity contribution in [2.45, 2.75) is 74.7 Å². The predicted molar refractivity (Wildman–Crippen MR) is 126 cm³/mol. The van der Waals surface area contributed by atoms with E-state index < -0.39 is 29.1 Å². The summed E-state index contributed by atoms with van der Waals surface area (Å²) in [6.45, 7) is 2.99. The number of likely N-dealkylation sites (N-methyl/N-ethyl adjacent to an activating group) is 1. The highest BCUT2D eigenvalue weighted by Crippen LogP contribution is 2.60. The number of rotatable bonds is 5. The van der Waals surface area contributed by atoms with Crippen molar-refractivity contribution in [3.8, 4) is 11.5 Å². The number of fused-ring (bicyclic) bond motifs is 1. The van der Waals surface area contributed by atoms with Gasteiger partial charge in [0.25, 0.3) is 0 Å². The zero-order valence-electron chi connectivity index (χ0n) is 20.5. The lowest BCUT2D eigenvalue weighted by atomic mass is 9.50. The summed E-state index contributed by atoms with van der Waals surface area (Å²) in [5.74, 6) is -0.300. The van der Waals surface area contributed by atoms with Gasteiger partial charge in [-0.3, -0.25) is 4.79 Å². The second kappa shape index (κ2) is 8.80. The Labute approximate surface area is 205 Å². The molecule has 0 unspecified atom stereocenters. The number of likely N-dealkylation sites (tertiary alicyclic amines) is 1. The summed E-state index contributed by atoms with van der Waals surface area (Å²) in [5, 5.41) is 26.4. The largest absolute Gasteiger partial charge is 0.504 e. The number of nitrogens with one attached hydrogen (secondary N) is 1. The summed E-state index contributed by atoms with van der Waals surface area (Å²) >= 11 is 0. The number of hydrogen-bond acceptors (Lipinski definition) is 9. The van der Waals surface area contributed by atoms with Crippen molar-refractivity contribution in [1.82, 2.24) is 10.2 Å². The minimum atomic E-state index is -1.14. The average molecular weight is 487 g/mol. The molecule has 1 aromatic carbocycles. The number of phenolic OH excluding ortho intramolecular Hbond substituents is 1. The van der Waals surface area contributed by atoms with Gasteiger partial charge >= 0.3 is 11.9 Å². The van der Waals surface area contributed by atoms with Crippen LogP contribution in [0.5, 0.6) is 11.5 Å². The van der Waals surface area contributed by atoms with Crippen LogP contribution in [-0.2, 0) is 30.9 Å². The van der Waals surface area contributed by atoms with Crippen molar-refractivity contribution in [1.29, 1.82) is 0 Å². The van der Waals surface area contributed by atoms with Crippen LogP contribution in [0.4, 0.5) is 0 Å². The third-order valence-electron chi connectivity index (χ3n) is 8.46. The van der Waals surface area contributed by atoms with Gasteiger partial charge in [-0.25, -0.2) is 4.79 Å². The molecule has 5 rings (SSSR count). The van der Waals surface area contributed by atoms with Crippen molar-refractivity contribution in [3.63, 3.8) is 0 Å². The maximum atomic E-state index is 12.8. The van der Waals surface area contributed by atoms with Crippen molar-refractivity contribution in [2.24, 2.45) is 0 Å². The van der Waals surface area contributed by atoms with Gasteiger partial charge in [0, 0.05) is 29.9 Å². The van der Waals surface area contributed by atoms with Gasteiger partial charge in [0.1, 0.15) is 11.8 Å². The Kier molecular flexibility index (Phi) is 6.05. The smallest absolute Gasteiger partial charge is 0.352 e. The molecule has 2 fully saturated rings. The first-order chi connectivity index (χ1) is 16.7. The van der Waals surface area contributed by atoms with Gasteiger partial charge in [0.15, 0.2) is 17.6 Å². The summed E-state index contributed by atoms with van der Waals surface area (Å²) < 4.78 is 16.5. The van der Waals surface area contributed by atoms with Crippen LogP contribution in [0.15, 0.2) is 24.0 Å². The normalized spacial score (nSPS) is 32.6. The minimum Gasteiger partial charge on any atom is -0.504 e. The number of nitrogens with zero attached hydrogens (tertiary/aromatic N) is 1. The van der Waals surface area contributed by atoms with E-state index in [9.17, 15) is 19.8 Å². The first-order valence-corrected chi connectivity index (χ1v) is 12.4. The minimum absolute atomic E-state index is 0.0327. The molecule has 0 amide bonds. The highest BCUT2D eigenvalue weighted by atomic mass is 16.6. The quantitative estimate of drug-likeness (QED) is 0.533. The van der Waals surface area contributed by atoms with Crippen LogP contribution in [-0.4, -0.2) is 78.1 Å². The Morgan fingerprint density at radius 1 is 1.31 bits per heavy atom. The van der Waals surface area contributed by atoms with Crippen molar-refractivity contribution >= 4 is 11.9 Å². The van der Waals surface area contributed by atoms with E-state index in [1.165, 1.54) is 14.0 Å². The summed E-state index contributed by atoms with van der Waals surface area (Å²) in [5.41, 5.74) is -0.339. The summed E-state index contributed by atoms with van der Waals surface area (Å²) in [7, 11) is 3.51. The molecule has 9 nitrogen and oxygen atoms in total. The average Bonchev–Trinajstić information content (AvgIpc) is 3.37. The van der Waals surface area contributed by atoms with Crippen LogP contribution >= 0.6 is 0 Å². The van der Waals surface area contributed by atoms with Gasteiger partial charge in [-0.2, -0.15) is 0 Å². The number of carbonyl (C=O) groups excluding carboxylic acids is 2. The molecule has 2 bridgehead atoms. The molecule has 1 aromatic rings. The standard InChI is InChI=1S/C26H34N2O7/c1-15(34-24(31)18-5-4-11-27-18)23(30)35-17-8-9-26(32)20-13-16-6-7-19(33-3)22(29)21(16)25(26,14-17)10-12-28(20)2/h6-8,15,18,20,27,29,32H,4-5,9-14H2,1-3H3/t15-,18-,20+,25+,26+/m0/s1. The molecule has 2 aliphatic heterocycles.